The quantitative estimate of drug-likeness (QED) is 0.749. The van der Waals surface area contributed by atoms with E-state index in [1.165, 1.54) is 16.0 Å². The summed E-state index contributed by atoms with van der Waals surface area (Å²) >= 11 is 0. The van der Waals surface area contributed by atoms with Gasteiger partial charge in [-0.25, -0.2) is 9.79 Å². The number of aliphatic imine (C=N–C) groups is 1. The maximum absolute atomic E-state index is 13.6. The van der Waals surface area contributed by atoms with Crippen LogP contribution in [0.1, 0.15) is 27.8 Å². The number of carbonyl (C=O) groups excluding carboxylic acids is 2. The Morgan fingerprint density at radius 1 is 0.938 bits per heavy atom. The summed E-state index contributed by atoms with van der Waals surface area (Å²) in [5.74, 6) is 0.615. The van der Waals surface area contributed by atoms with Gasteiger partial charge in [0.05, 0.1) is 6.54 Å². The van der Waals surface area contributed by atoms with Gasteiger partial charge in [-0.15, -0.1) is 0 Å². The average Bonchev–Trinajstić information content (AvgIpc) is 3.33. The number of hydrogen-bond acceptors (Lipinski definition) is 5. The van der Waals surface area contributed by atoms with Gasteiger partial charge in [0.25, 0.3) is 5.91 Å². The van der Waals surface area contributed by atoms with Crippen LogP contribution in [-0.2, 0) is 11.3 Å². The predicted octanol–water partition coefficient (Wildman–Crippen LogP) is 3.20. The van der Waals surface area contributed by atoms with Gasteiger partial charge in [0.15, 0.2) is 12.2 Å². The van der Waals surface area contributed by atoms with Gasteiger partial charge >= 0.3 is 6.03 Å². The zero-order valence-corrected chi connectivity index (χ0v) is 19.3. The van der Waals surface area contributed by atoms with E-state index in [1.807, 2.05) is 26.0 Å². The van der Waals surface area contributed by atoms with Crippen LogP contribution in [0.25, 0.3) is 0 Å². The van der Waals surface area contributed by atoms with Crippen molar-refractivity contribution >= 4 is 23.6 Å². The number of carbonyl (C=O) groups is 2. The highest BCUT2D eigenvalue weighted by atomic mass is 16.2. The van der Waals surface area contributed by atoms with Gasteiger partial charge in [0.2, 0.25) is 5.96 Å². The number of nitrogens with zero attached hydrogens (tertiary/aromatic N) is 5. The first-order valence-corrected chi connectivity index (χ1v) is 11.1. The molecule has 0 bridgehead atoms. The molecule has 2 aromatic carbocycles. The summed E-state index contributed by atoms with van der Waals surface area (Å²) in [6.45, 7) is 9.99. The van der Waals surface area contributed by atoms with E-state index in [-0.39, 0.29) is 18.5 Å². The number of urea groups is 1. The largest absolute Gasteiger partial charge is 0.328 e. The van der Waals surface area contributed by atoms with Crippen molar-refractivity contribution in [3.8, 4) is 0 Å². The number of aryl methyl sites for hydroxylation is 4. The Morgan fingerprint density at radius 3 is 2.44 bits per heavy atom. The summed E-state index contributed by atoms with van der Waals surface area (Å²) in [5, 5.41) is 0. The monoisotopic (exact) mass is 431 g/mol. The van der Waals surface area contributed by atoms with Crippen molar-refractivity contribution in [1.82, 2.24) is 14.7 Å². The van der Waals surface area contributed by atoms with Gasteiger partial charge < -0.3 is 14.7 Å². The second-order valence-electron chi connectivity index (χ2n) is 9.15. The van der Waals surface area contributed by atoms with E-state index in [1.54, 1.807) is 11.9 Å². The molecular weight excluding hydrogens is 402 g/mol. The molecule has 166 valence electrons. The number of anilines is 1. The predicted molar refractivity (Wildman–Crippen MR) is 125 cm³/mol. The normalized spacial score (nSPS) is 22.5. The third kappa shape index (κ3) is 3.06. The summed E-state index contributed by atoms with van der Waals surface area (Å²) in [6, 6.07) is 11.7. The van der Waals surface area contributed by atoms with Gasteiger partial charge in [-0.3, -0.25) is 9.69 Å². The van der Waals surface area contributed by atoms with E-state index in [4.69, 9.17) is 4.99 Å². The molecule has 3 amide bonds. The van der Waals surface area contributed by atoms with Gasteiger partial charge in [-0.2, -0.15) is 0 Å². The number of benzene rings is 2. The van der Waals surface area contributed by atoms with E-state index in [0.717, 1.165) is 34.9 Å². The van der Waals surface area contributed by atoms with E-state index in [0.29, 0.717) is 6.54 Å². The minimum atomic E-state index is -0.491. The van der Waals surface area contributed by atoms with Crippen LogP contribution in [0.2, 0.25) is 0 Å². The lowest BCUT2D eigenvalue weighted by atomic mass is 10.0. The van der Waals surface area contributed by atoms with E-state index in [2.05, 4.69) is 47.9 Å². The molecule has 0 saturated carbocycles. The topological polar surface area (TPSA) is 59.5 Å². The highest BCUT2D eigenvalue weighted by molar-refractivity contribution is 6.08. The molecule has 5 rings (SSSR count). The van der Waals surface area contributed by atoms with Crippen molar-refractivity contribution in [2.24, 2.45) is 4.99 Å². The highest BCUT2D eigenvalue weighted by Crippen LogP contribution is 2.34. The Balaban J connectivity index is 1.45. The minimum Gasteiger partial charge on any atom is -0.325 e. The Kier molecular flexibility index (Phi) is 4.73. The molecule has 3 aliphatic rings. The van der Waals surface area contributed by atoms with Crippen LogP contribution in [-0.4, -0.2) is 64.9 Å². The molecular formula is C25H29N5O2. The van der Waals surface area contributed by atoms with Crippen molar-refractivity contribution in [3.63, 3.8) is 0 Å². The Hall–Kier alpha value is -3.35. The number of amides is 3. The fourth-order valence-corrected chi connectivity index (χ4v) is 4.86. The van der Waals surface area contributed by atoms with Crippen molar-refractivity contribution in [3.05, 3.63) is 64.2 Å². The zero-order valence-electron chi connectivity index (χ0n) is 19.3. The van der Waals surface area contributed by atoms with Crippen LogP contribution in [0.3, 0.4) is 0 Å². The van der Waals surface area contributed by atoms with E-state index in [9.17, 15) is 9.59 Å². The molecule has 7 heteroatoms. The van der Waals surface area contributed by atoms with Crippen LogP contribution in [0.5, 0.6) is 0 Å². The Labute approximate surface area is 188 Å². The number of rotatable bonds is 3. The van der Waals surface area contributed by atoms with Crippen LogP contribution in [0, 0.1) is 27.7 Å². The zero-order chi connectivity index (χ0) is 22.7. The van der Waals surface area contributed by atoms with E-state index < -0.39 is 12.2 Å². The van der Waals surface area contributed by atoms with Crippen LogP contribution >= 0.6 is 0 Å². The standard InChI is InChI=1S/C25H29N5O2/c1-15-6-7-17(3)19(12-15)14-30-23(31)21-22(27(5)25(30)32)26-24-28(10-11-29(21)24)20-9-8-16(2)18(4)13-20/h6-9,12-13,21-22H,10-11,14H2,1-5H3. The summed E-state index contributed by atoms with van der Waals surface area (Å²) in [6.07, 6.45) is -0.491. The average molecular weight is 432 g/mol. The molecule has 2 aromatic rings. The molecule has 2 atom stereocenters. The SMILES string of the molecule is Cc1ccc(C)c(CN2C(=O)C3C(N=C4N(c5ccc(C)c(C)c5)CCN43)N(C)C2=O)c1. The second-order valence-corrected chi connectivity index (χ2v) is 9.15. The van der Waals surface area contributed by atoms with Gasteiger partial charge in [0.1, 0.15) is 0 Å². The molecule has 3 aliphatic heterocycles. The van der Waals surface area contributed by atoms with Gasteiger partial charge in [0, 0.05) is 25.8 Å². The molecule has 2 unspecified atom stereocenters. The number of fused-ring (bicyclic) bond motifs is 3. The summed E-state index contributed by atoms with van der Waals surface area (Å²) < 4.78 is 0. The van der Waals surface area contributed by atoms with Crippen LogP contribution in [0.15, 0.2) is 41.4 Å². The molecule has 0 spiro atoms. The molecule has 2 fully saturated rings. The molecule has 0 aliphatic carbocycles. The Morgan fingerprint density at radius 2 is 1.69 bits per heavy atom. The summed E-state index contributed by atoms with van der Waals surface area (Å²) in [4.78, 5) is 38.8. The second kappa shape index (κ2) is 7.36. The third-order valence-electron chi connectivity index (χ3n) is 7.01. The molecule has 7 nitrogen and oxygen atoms in total. The molecule has 0 radical (unpaired) electrons. The van der Waals surface area contributed by atoms with Gasteiger partial charge in [-0.05, 0) is 62.1 Å². The Bertz CT molecular complexity index is 1160. The highest BCUT2D eigenvalue weighted by Gasteiger charge is 2.54. The fourth-order valence-electron chi connectivity index (χ4n) is 4.86. The number of guanidine groups is 1. The number of hydrogen-bond donors (Lipinski definition) is 0. The first-order chi connectivity index (χ1) is 15.3. The first-order valence-electron chi connectivity index (χ1n) is 11.1. The third-order valence-corrected chi connectivity index (χ3v) is 7.01. The lowest BCUT2D eigenvalue weighted by Gasteiger charge is -2.40. The van der Waals surface area contributed by atoms with Crippen molar-refractivity contribution in [1.29, 1.82) is 0 Å². The molecule has 3 heterocycles. The molecule has 2 saturated heterocycles. The van der Waals surface area contributed by atoms with Crippen LogP contribution in [0.4, 0.5) is 10.5 Å². The van der Waals surface area contributed by atoms with Crippen molar-refractivity contribution < 1.29 is 9.59 Å². The fraction of sp³-hybridized carbons (Fsp3) is 0.400. The van der Waals surface area contributed by atoms with Crippen molar-refractivity contribution in [2.75, 3.05) is 25.0 Å². The molecule has 0 N–H and O–H groups in total. The maximum atomic E-state index is 13.6. The maximum Gasteiger partial charge on any atom is 0.328 e. The van der Waals surface area contributed by atoms with Crippen LogP contribution < -0.4 is 4.90 Å². The first kappa shape index (κ1) is 20.5. The number of likely N-dealkylation sites (N-methyl/N-ethyl adjacent to an activating group) is 1. The van der Waals surface area contributed by atoms with Crippen molar-refractivity contribution in [2.45, 2.75) is 46.4 Å². The van der Waals surface area contributed by atoms with Gasteiger partial charge in [-0.1, -0.05) is 29.8 Å². The molecule has 32 heavy (non-hydrogen) atoms. The smallest absolute Gasteiger partial charge is 0.325 e. The summed E-state index contributed by atoms with van der Waals surface area (Å²) in [7, 11) is 1.75. The summed E-state index contributed by atoms with van der Waals surface area (Å²) in [5.41, 5.74) is 6.72. The van der Waals surface area contributed by atoms with E-state index >= 15 is 0 Å². The lowest BCUT2D eigenvalue weighted by Crippen LogP contribution is -2.64. The molecule has 0 aromatic heterocycles. The lowest BCUT2D eigenvalue weighted by molar-refractivity contribution is -0.137. The minimum absolute atomic E-state index is 0.167. The number of imide groups is 1.